The molecule has 3 aromatic heterocycles. The van der Waals surface area contributed by atoms with Crippen molar-refractivity contribution < 1.29 is 19.0 Å². The van der Waals surface area contributed by atoms with E-state index in [0.29, 0.717) is 37.4 Å². The fraction of sp³-hybridized carbons (Fsp3) is 0.236. The minimum Gasteiger partial charge on any atom is -0.473 e. The SMILES string of the molecule is Cc1cc(-c2ncnn3cc(-c4ccc(N5CCC(c6ccc(-c7ccc(OCc8ccccc8)nc7OCc7ccccc7)cc6)CC5)cc4)cc23)ccc1CNC(=O)OC(C)(C)C. The highest BCUT2D eigenvalue weighted by molar-refractivity contribution is 5.82. The molecular weight excluding hydrogens is 809 g/mol. The summed E-state index contributed by atoms with van der Waals surface area (Å²) >= 11 is 0. The van der Waals surface area contributed by atoms with Crippen LogP contribution in [0.5, 0.6) is 11.8 Å². The maximum Gasteiger partial charge on any atom is 0.407 e. The lowest BCUT2D eigenvalue weighted by molar-refractivity contribution is 0.0523. The Morgan fingerprint density at radius 3 is 2.06 bits per heavy atom. The van der Waals surface area contributed by atoms with E-state index >= 15 is 0 Å². The van der Waals surface area contributed by atoms with Crippen molar-refractivity contribution >= 4 is 17.3 Å². The zero-order chi connectivity index (χ0) is 44.8. The van der Waals surface area contributed by atoms with Crippen LogP contribution < -0.4 is 19.7 Å². The number of ether oxygens (including phenoxy) is 3. The van der Waals surface area contributed by atoms with E-state index in [9.17, 15) is 4.79 Å². The monoisotopic (exact) mass is 862 g/mol. The van der Waals surface area contributed by atoms with Crippen molar-refractivity contribution in [2.24, 2.45) is 0 Å². The number of hydrogen-bond donors (Lipinski definition) is 1. The standard InChI is InChI=1S/C55H54N6O4/c1-38-31-45(19-20-46(38)33-56-54(62)65-55(2,3)4)52-50-32-47(34-61(50)58-37-57-52)42-21-23-48(24-22-42)60-29-27-43(28-30-60)41-15-17-44(18-16-41)49-25-26-51(63-35-39-11-7-5-8-12-39)59-53(49)64-36-40-13-9-6-10-14-40/h5-26,31-32,34,37,43H,27-30,33,35-36H2,1-4H3,(H,56,62). The van der Waals surface area contributed by atoms with Gasteiger partial charge < -0.3 is 24.4 Å². The van der Waals surface area contributed by atoms with Crippen LogP contribution in [0.25, 0.3) is 39.0 Å². The molecule has 0 atom stereocenters. The second-order valence-electron chi connectivity index (χ2n) is 17.6. The highest BCUT2D eigenvalue weighted by atomic mass is 16.6. The predicted molar refractivity (Wildman–Crippen MR) is 257 cm³/mol. The molecule has 1 aliphatic heterocycles. The van der Waals surface area contributed by atoms with Gasteiger partial charge >= 0.3 is 6.09 Å². The number of alkyl carbamates (subject to hydrolysis) is 1. The van der Waals surface area contributed by atoms with Crippen LogP contribution >= 0.6 is 0 Å². The molecule has 328 valence electrons. The van der Waals surface area contributed by atoms with Crippen LogP contribution in [0.3, 0.4) is 0 Å². The Bertz CT molecular complexity index is 2870. The molecule has 0 spiro atoms. The molecular formula is C55H54N6O4. The third-order valence-electron chi connectivity index (χ3n) is 11.9. The molecule has 10 nitrogen and oxygen atoms in total. The van der Waals surface area contributed by atoms with E-state index in [1.165, 1.54) is 11.3 Å². The largest absolute Gasteiger partial charge is 0.473 e. The van der Waals surface area contributed by atoms with Crippen LogP contribution in [-0.4, -0.2) is 44.4 Å². The average Bonchev–Trinajstić information content (AvgIpc) is 3.78. The van der Waals surface area contributed by atoms with Crippen molar-refractivity contribution in [3.05, 3.63) is 186 Å². The lowest BCUT2D eigenvalue weighted by atomic mass is 9.88. The van der Waals surface area contributed by atoms with Crippen LogP contribution in [0, 0.1) is 6.92 Å². The van der Waals surface area contributed by atoms with E-state index in [1.54, 1.807) is 6.33 Å². The van der Waals surface area contributed by atoms with Gasteiger partial charge in [-0.15, -0.1) is 0 Å². The summed E-state index contributed by atoms with van der Waals surface area (Å²) in [6.07, 6.45) is 5.38. The Morgan fingerprint density at radius 2 is 1.38 bits per heavy atom. The topological polar surface area (TPSA) is 103 Å². The molecule has 1 N–H and O–H groups in total. The van der Waals surface area contributed by atoms with Crippen LogP contribution in [0.15, 0.2) is 158 Å². The molecule has 1 fully saturated rings. The number of rotatable bonds is 13. The minimum atomic E-state index is -0.547. The second kappa shape index (κ2) is 19.1. The van der Waals surface area contributed by atoms with Gasteiger partial charge in [-0.1, -0.05) is 109 Å². The number of aromatic nitrogens is 4. The molecule has 1 saturated heterocycles. The number of piperidine rings is 1. The number of aryl methyl sites for hydroxylation is 1. The number of amides is 1. The maximum absolute atomic E-state index is 12.2. The van der Waals surface area contributed by atoms with Gasteiger partial charge in [0.1, 0.15) is 25.1 Å². The molecule has 5 aromatic carbocycles. The van der Waals surface area contributed by atoms with Crippen LogP contribution in [0.4, 0.5) is 10.5 Å². The Kier molecular flexibility index (Phi) is 12.6. The quantitative estimate of drug-likeness (QED) is 0.122. The fourth-order valence-electron chi connectivity index (χ4n) is 8.39. The summed E-state index contributed by atoms with van der Waals surface area (Å²) in [5.74, 6) is 1.57. The summed E-state index contributed by atoms with van der Waals surface area (Å²) in [6.45, 7) is 10.8. The van der Waals surface area contributed by atoms with E-state index in [1.807, 2.05) is 98.9 Å². The molecule has 0 saturated carbocycles. The highest BCUT2D eigenvalue weighted by Crippen LogP contribution is 2.36. The molecule has 4 heterocycles. The number of hydrogen-bond acceptors (Lipinski definition) is 8. The van der Waals surface area contributed by atoms with Crippen LogP contribution in [0.2, 0.25) is 0 Å². The van der Waals surface area contributed by atoms with Crippen molar-refractivity contribution in [2.75, 3.05) is 18.0 Å². The smallest absolute Gasteiger partial charge is 0.407 e. The third-order valence-corrected chi connectivity index (χ3v) is 11.9. The van der Waals surface area contributed by atoms with E-state index in [2.05, 4.69) is 105 Å². The van der Waals surface area contributed by atoms with Gasteiger partial charge in [0.25, 0.3) is 0 Å². The first-order valence-corrected chi connectivity index (χ1v) is 22.3. The highest BCUT2D eigenvalue weighted by Gasteiger charge is 2.22. The Labute approximate surface area is 380 Å². The summed E-state index contributed by atoms with van der Waals surface area (Å²) in [5.41, 5.74) is 13.2. The lowest BCUT2D eigenvalue weighted by Gasteiger charge is -2.34. The van der Waals surface area contributed by atoms with E-state index < -0.39 is 11.7 Å². The molecule has 0 aliphatic carbocycles. The van der Waals surface area contributed by atoms with Crippen molar-refractivity contribution in [2.45, 2.75) is 71.8 Å². The summed E-state index contributed by atoms with van der Waals surface area (Å²) in [7, 11) is 0. The lowest BCUT2D eigenvalue weighted by Crippen LogP contribution is -2.32. The number of benzene rings is 5. The zero-order valence-corrected chi connectivity index (χ0v) is 37.4. The summed E-state index contributed by atoms with van der Waals surface area (Å²) in [4.78, 5) is 24.2. The number of carbonyl (C=O) groups is 1. The summed E-state index contributed by atoms with van der Waals surface area (Å²) < 4.78 is 19.7. The van der Waals surface area contributed by atoms with Crippen molar-refractivity contribution in [1.29, 1.82) is 0 Å². The van der Waals surface area contributed by atoms with Gasteiger partial charge in [0, 0.05) is 54.3 Å². The van der Waals surface area contributed by atoms with Gasteiger partial charge in [-0.3, -0.25) is 0 Å². The summed E-state index contributed by atoms with van der Waals surface area (Å²) in [5, 5.41) is 7.40. The fourth-order valence-corrected chi connectivity index (χ4v) is 8.39. The molecule has 1 amide bonds. The Morgan fingerprint density at radius 1 is 0.723 bits per heavy atom. The molecule has 0 bridgehead atoms. The molecule has 0 radical (unpaired) electrons. The van der Waals surface area contributed by atoms with Gasteiger partial charge in [-0.05, 0) is 116 Å². The van der Waals surface area contributed by atoms with E-state index in [-0.39, 0.29) is 0 Å². The number of anilines is 1. The Hall–Kier alpha value is -7.46. The van der Waals surface area contributed by atoms with Crippen molar-refractivity contribution in [3.8, 4) is 45.3 Å². The normalized spacial score (nSPS) is 13.1. The Balaban J connectivity index is 0.830. The van der Waals surface area contributed by atoms with Crippen LogP contribution in [0.1, 0.15) is 67.3 Å². The second-order valence-corrected chi connectivity index (χ2v) is 17.6. The molecule has 8 aromatic rings. The number of pyridine rings is 1. The number of nitrogens with one attached hydrogen (secondary N) is 1. The van der Waals surface area contributed by atoms with Gasteiger partial charge in [-0.2, -0.15) is 10.1 Å². The number of nitrogens with zero attached hydrogens (tertiary/aromatic N) is 5. The van der Waals surface area contributed by atoms with Crippen molar-refractivity contribution in [1.82, 2.24) is 24.9 Å². The van der Waals surface area contributed by atoms with Gasteiger partial charge in [0.05, 0.1) is 11.2 Å². The first-order chi connectivity index (χ1) is 31.6. The van der Waals surface area contributed by atoms with Gasteiger partial charge in [0.2, 0.25) is 11.8 Å². The van der Waals surface area contributed by atoms with Gasteiger partial charge in [0.15, 0.2) is 0 Å². The minimum absolute atomic E-state index is 0.382. The summed E-state index contributed by atoms with van der Waals surface area (Å²) in [6, 6.07) is 50.4. The maximum atomic E-state index is 12.2. The van der Waals surface area contributed by atoms with E-state index in [4.69, 9.17) is 19.2 Å². The number of fused-ring (bicyclic) bond motifs is 1. The van der Waals surface area contributed by atoms with Crippen LogP contribution in [-0.2, 0) is 24.5 Å². The molecule has 1 aliphatic rings. The molecule has 10 heteroatoms. The zero-order valence-electron chi connectivity index (χ0n) is 37.4. The molecule has 0 unspecified atom stereocenters. The first-order valence-electron chi connectivity index (χ1n) is 22.3. The predicted octanol–water partition coefficient (Wildman–Crippen LogP) is 12.0. The first kappa shape index (κ1) is 42.8. The third kappa shape index (κ3) is 10.5. The number of carbonyl (C=O) groups excluding carboxylic acids is 1. The average molecular weight is 863 g/mol. The van der Waals surface area contributed by atoms with Crippen molar-refractivity contribution in [3.63, 3.8) is 0 Å². The van der Waals surface area contributed by atoms with Gasteiger partial charge in [-0.25, -0.2) is 14.3 Å². The molecule has 65 heavy (non-hydrogen) atoms. The van der Waals surface area contributed by atoms with E-state index in [0.717, 1.165) is 87.2 Å². The molecule has 9 rings (SSSR count).